The summed E-state index contributed by atoms with van der Waals surface area (Å²) in [5.74, 6) is -0.501. The van der Waals surface area contributed by atoms with Gasteiger partial charge >= 0.3 is 0 Å². The van der Waals surface area contributed by atoms with Crippen LogP contribution < -0.4 is 15.4 Å². The second-order valence-electron chi connectivity index (χ2n) is 6.74. The van der Waals surface area contributed by atoms with Crippen LogP contribution in [0.4, 0.5) is 11.4 Å². The Balaban J connectivity index is 1.78. The molecule has 0 bridgehead atoms. The number of nitrogens with one attached hydrogen (secondary N) is 2. The van der Waals surface area contributed by atoms with Crippen LogP contribution in [-0.2, 0) is 19.6 Å². The first-order valence-corrected chi connectivity index (χ1v) is 10.9. The number of rotatable bonds is 5. The number of halogens is 1. The van der Waals surface area contributed by atoms with E-state index in [2.05, 4.69) is 26.6 Å². The number of aryl methyl sites for hydroxylation is 2. The van der Waals surface area contributed by atoms with Crippen LogP contribution in [-0.4, -0.2) is 44.7 Å². The molecule has 29 heavy (non-hydrogen) atoms. The quantitative estimate of drug-likeness (QED) is 0.682. The highest BCUT2D eigenvalue weighted by molar-refractivity contribution is 9.10. The molecular formula is C19H20BrN3O5S. The van der Waals surface area contributed by atoms with E-state index in [9.17, 15) is 18.0 Å². The number of carbonyl (C=O) groups is 2. The van der Waals surface area contributed by atoms with Crippen LogP contribution in [0.1, 0.15) is 11.1 Å². The molecule has 0 spiro atoms. The second-order valence-corrected chi connectivity index (χ2v) is 9.61. The minimum absolute atomic E-state index is 0.0132. The van der Waals surface area contributed by atoms with Gasteiger partial charge in [0.15, 0.2) is 6.61 Å². The molecule has 2 N–H and O–H groups in total. The lowest BCUT2D eigenvalue weighted by atomic mass is 10.2. The molecule has 10 heteroatoms. The highest BCUT2D eigenvalue weighted by Gasteiger charge is 2.28. The Hall–Kier alpha value is -2.43. The molecule has 0 atom stereocenters. The largest absolute Gasteiger partial charge is 0.482 e. The average molecular weight is 482 g/mol. The van der Waals surface area contributed by atoms with Crippen molar-refractivity contribution in [2.24, 2.45) is 0 Å². The summed E-state index contributed by atoms with van der Waals surface area (Å²) in [4.78, 5) is 23.8. The van der Waals surface area contributed by atoms with E-state index in [1.165, 1.54) is 19.2 Å². The van der Waals surface area contributed by atoms with E-state index in [1.54, 1.807) is 13.0 Å². The zero-order valence-electron chi connectivity index (χ0n) is 16.1. The smallest absolute Gasteiger partial charge is 0.262 e. The number of hydrogen-bond donors (Lipinski definition) is 2. The molecular weight excluding hydrogens is 462 g/mol. The van der Waals surface area contributed by atoms with Crippen LogP contribution in [0.25, 0.3) is 0 Å². The zero-order valence-corrected chi connectivity index (χ0v) is 18.5. The number of nitrogens with zero attached hydrogens (tertiary/aromatic N) is 1. The molecule has 0 radical (unpaired) electrons. The third kappa shape index (κ3) is 4.60. The van der Waals surface area contributed by atoms with Gasteiger partial charge in [0, 0.05) is 17.6 Å². The number of hydrogen-bond acceptors (Lipinski definition) is 5. The number of benzene rings is 2. The number of amides is 2. The van der Waals surface area contributed by atoms with Crippen molar-refractivity contribution in [3.8, 4) is 5.75 Å². The van der Waals surface area contributed by atoms with Gasteiger partial charge in [0.05, 0.1) is 22.8 Å². The summed E-state index contributed by atoms with van der Waals surface area (Å²) in [6.45, 7) is 2.99. The van der Waals surface area contributed by atoms with Gasteiger partial charge < -0.3 is 15.4 Å². The predicted octanol–water partition coefficient (Wildman–Crippen LogP) is 2.66. The SMILES string of the molecule is Cc1ccc(NC(=O)CN(C)S(=O)(=O)c2cc3c(cc2C)NC(=O)CO3)c(Br)c1. The first-order valence-electron chi connectivity index (χ1n) is 8.67. The van der Waals surface area contributed by atoms with E-state index in [0.29, 0.717) is 21.4 Å². The van der Waals surface area contributed by atoms with Crippen molar-refractivity contribution in [2.75, 3.05) is 30.8 Å². The Labute approximate surface area is 177 Å². The van der Waals surface area contributed by atoms with Crippen LogP contribution in [0, 0.1) is 13.8 Å². The molecule has 0 unspecified atom stereocenters. The number of anilines is 2. The molecule has 0 saturated carbocycles. The van der Waals surface area contributed by atoms with Crippen molar-refractivity contribution < 1.29 is 22.7 Å². The van der Waals surface area contributed by atoms with Crippen LogP contribution >= 0.6 is 15.9 Å². The minimum Gasteiger partial charge on any atom is -0.482 e. The summed E-state index contributed by atoms with van der Waals surface area (Å²) in [6, 6.07) is 8.34. The maximum Gasteiger partial charge on any atom is 0.262 e. The fraction of sp³-hybridized carbons (Fsp3) is 0.263. The lowest BCUT2D eigenvalue weighted by molar-refractivity contribution is -0.118. The normalized spacial score (nSPS) is 13.5. The molecule has 1 aliphatic heterocycles. The van der Waals surface area contributed by atoms with Crippen LogP contribution in [0.5, 0.6) is 5.75 Å². The van der Waals surface area contributed by atoms with Gasteiger partial charge in [-0.15, -0.1) is 0 Å². The molecule has 2 aromatic rings. The van der Waals surface area contributed by atoms with Crippen molar-refractivity contribution in [1.29, 1.82) is 0 Å². The van der Waals surface area contributed by atoms with Crippen molar-refractivity contribution in [3.63, 3.8) is 0 Å². The molecule has 0 saturated heterocycles. The van der Waals surface area contributed by atoms with Gasteiger partial charge in [0.25, 0.3) is 5.91 Å². The van der Waals surface area contributed by atoms with E-state index < -0.39 is 15.9 Å². The third-order valence-corrected chi connectivity index (χ3v) is 6.96. The average Bonchev–Trinajstić information content (AvgIpc) is 2.63. The summed E-state index contributed by atoms with van der Waals surface area (Å²) >= 11 is 3.38. The number of fused-ring (bicyclic) bond motifs is 1. The van der Waals surface area contributed by atoms with E-state index in [4.69, 9.17) is 4.74 Å². The van der Waals surface area contributed by atoms with Gasteiger partial charge in [0.1, 0.15) is 5.75 Å². The lowest BCUT2D eigenvalue weighted by Gasteiger charge is -2.22. The summed E-state index contributed by atoms with van der Waals surface area (Å²) in [5, 5.41) is 5.33. The maximum atomic E-state index is 13.0. The molecule has 1 heterocycles. The van der Waals surface area contributed by atoms with E-state index in [1.807, 2.05) is 19.1 Å². The number of ether oxygens (including phenoxy) is 1. The number of likely N-dealkylation sites (N-methyl/N-ethyl adjacent to an activating group) is 1. The van der Waals surface area contributed by atoms with Crippen molar-refractivity contribution in [3.05, 3.63) is 45.9 Å². The Morgan fingerprint density at radius 2 is 2.00 bits per heavy atom. The molecule has 2 amide bonds. The minimum atomic E-state index is -3.95. The molecule has 2 aromatic carbocycles. The summed E-state index contributed by atoms with van der Waals surface area (Å²) in [5.41, 5.74) is 2.43. The first-order chi connectivity index (χ1) is 13.6. The zero-order chi connectivity index (χ0) is 21.3. The van der Waals surface area contributed by atoms with Gasteiger partial charge in [-0.05, 0) is 59.1 Å². The van der Waals surface area contributed by atoms with E-state index >= 15 is 0 Å². The van der Waals surface area contributed by atoms with E-state index in [-0.39, 0.29) is 29.7 Å². The van der Waals surface area contributed by atoms with Crippen LogP contribution in [0.2, 0.25) is 0 Å². The predicted molar refractivity (Wildman–Crippen MR) is 113 cm³/mol. The molecule has 3 rings (SSSR count). The molecule has 8 nitrogen and oxygen atoms in total. The highest BCUT2D eigenvalue weighted by atomic mass is 79.9. The Morgan fingerprint density at radius 1 is 1.28 bits per heavy atom. The highest BCUT2D eigenvalue weighted by Crippen LogP contribution is 2.33. The summed E-state index contributed by atoms with van der Waals surface area (Å²) in [7, 11) is -2.62. The molecule has 154 valence electrons. The second kappa shape index (κ2) is 8.13. The fourth-order valence-corrected chi connectivity index (χ4v) is 4.80. The molecule has 0 aliphatic carbocycles. The number of sulfonamides is 1. The molecule has 0 fully saturated rings. The fourth-order valence-electron chi connectivity index (χ4n) is 2.86. The van der Waals surface area contributed by atoms with Crippen LogP contribution in [0.15, 0.2) is 39.7 Å². The monoisotopic (exact) mass is 481 g/mol. The van der Waals surface area contributed by atoms with Crippen molar-refractivity contribution >= 4 is 49.1 Å². The van der Waals surface area contributed by atoms with Gasteiger partial charge in [-0.1, -0.05) is 6.07 Å². The van der Waals surface area contributed by atoms with Gasteiger partial charge in [0.2, 0.25) is 15.9 Å². The third-order valence-electron chi connectivity index (χ3n) is 4.36. The molecule has 1 aliphatic rings. The maximum absolute atomic E-state index is 13.0. The Morgan fingerprint density at radius 3 is 2.69 bits per heavy atom. The van der Waals surface area contributed by atoms with Crippen molar-refractivity contribution in [2.45, 2.75) is 18.7 Å². The standard InChI is InChI=1S/C19H20BrN3O5S/c1-11-4-5-14(13(20)6-11)21-18(24)9-23(3)29(26,27)17-8-16-15(7-12(17)2)22-19(25)10-28-16/h4-8H,9-10H2,1-3H3,(H,21,24)(H,22,25). The Kier molecular flexibility index (Phi) is 5.97. The van der Waals surface area contributed by atoms with Gasteiger partial charge in [-0.2, -0.15) is 4.31 Å². The topological polar surface area (TPSA) is 105 Å². The van der Waals surface area contributed by atoms with E-state index in [0.717, 1.165) is 9.87 Å². The van der Waals surface area contributed by atoms with Gasteiger partial charge in [-0.25, -0.2) is 8.42 Å². The summed E-state index contributed by atoms with van der Waals surface area (Å²) < 4.78 is 33.0. The molecule has 0 aromatic heterocycles. The number of carbonyl (C=O) groups excluding carboxylic acids is 2. The first kappa shape index (κ1) is 21.3. The summed E-state index contributed by atoms with van der Waals surface area (Å²) in [6.07, 6.45) is 0. The van der Waals surface area contributed by atoms with Crippen LogP contribution in [0.3, 0.4) is 0 Å². The van der Waals surface area contributed by atoms with Crippen molar-refractivity contribution in [1.82, 2.24) is 4.31 Å². The lowest BCUT2D eigenvalue weighted by Crippen LogP contribution is -2.35. The Bertz CT molecular complexity index is 1100. The van der Waals surface area contributed by atoms with Gasteiger partial charge in [-0.3, -0.25) is 9.59 Å².